The van der Waals surface area contributed by atoms with E-state index in [1.54, 1.807) is 6.20 Å². The molecule has 1 spiro atoms. The topological polar surface area (TPSA) is 42.4 Å². The monoisotopic (exact) mass is 480 g/mol. The highest BCUT2D eigenvalue weighted by atomic mass is 16.5. The quantitative estimate of drug-likeness (QED) is 0.292. The molecule has 0 saturated heterocycles. The van der Waals surface area contributed by atoms with Gasteiger partial charge < -0.3 is 4.74 Å². The number of benzene rings is 4. The molecule has 0 bridgehead atoms. The predicted molar refractivity (Wildman–Crippen MR) is 145 cm³/mol. The Morgan fingerprint density at radius 1 is 0.730 bits per heavy atom. The number of amides is 1. The maximum atomic E-state index is 14.8. The zero-order valence-corrected chi connectivity index (χ0v) is 20.1. The molecule has 4 aromatic carbocycles. The largest absolute Gasteiger partial charge is 0.491 e. The third kappa shape index (κ3) is 3.22. The van der Waals surface area contributed by atoms with Crippen LogP contribution in [0.5, 0.6) is 5.75 Å². The summed E-state index contributed by atoms with van der Waals surface area (Å²) in [4.78, 5) is 21.1. The highest BCUT2D eigenvalue weighted by Crippen LogP contribution is 2.55. The van der Waals surface area contributed by atoms with E-state index in [0.29, 0.717) is 0 Å². The summed E-state index contributed by atoms with van der Waals surface area (Å²) in [5.41, 5.74) is 6.07. The normalized spacial score (nSPS) is 17.6. The number of aromatic nitrogens is 1. The average Bonchev–Trinajstić information content (AvgIpc) is 3.47. The molecule has 0 aliphatic carbocycles. The lowest BCUT2D eigenvalue weighted by Gasteiger charge is -2.31. The van der Waals surface area contributed by atoms with E-state index in [1.165, 1.54) is 0 Å². The van der Waals surface area contributed by atoms with Crippen LogP contribution in [-0.4, -0.2) is 17.5 Å². The van der Waals surface area contributed by atoms with E-state index in [9.17, 15) is 4.79 Å². The lowest BCUT2D eigenvalue weighted by Crippen LogP contribution is -2.44. The van der Waals surface area contributed by atoms with Gasteiger partial charge in [-0.25, -0.2) is 0 Å². The molecule has 0 radical (unpaired) electrons. The second-order valence-electron chi connectivity index (χ2n) is 9.56. The zero-order valence-electron chi connectivity index (χ0n) is 20.1. The fourth-order valence-corrected chi connectivity index (χ4v) is 5.86. The summed E-state index contributed by atoms with van der Waals surface area (Å²) in [5.74, 6) is 0.794. The predicted octanol–water partition coefficient (Wildman–Crippen LogP) is 6.56. The Hall–Kier alpha value is -4.70. The molecule has 1 atom stereocenters. The molecule has 1 amide bonds. The number of pyridine rings is 1. The van der Waals surface area contributed by atoms with Crippen LogP contribution in [0.1, 0.15) is 28.3 Å². The molecule has 0 N–H and O–H groups in total. The van der Waals surface area contributed by atoms with Gasteiger partial charge >= 0.3 is 0 Å². The first-order chi connectivity index (χ1) is 18.3. The number of rotatable bonds is 4. The van der Waals surface area contributed by atoms with Gasteiger partial charge in [0.2, 0.25) is 5.91 Å². The zero-order chi connectivity index (χ0) is 24.8. The fourth-order valence-electron chi connectivity index (χ4n) is 5.86. The number of nitrogens with zero attached hydrogens (tertiary/aromatic N) is 2. The van der Waals surface area contributed by atoms with E-state index in [4.69, 9.17) is 4.74 Å². The van der Waals surface area contributed by atoms with Crippen LogP contribution in [0.15, 0.2) is 128 Å². The van der Waals surface area contributed by atoms with Crippen molar-refractivity contribution >= 4 is 11.6 Å². The molecule has 0 fully saturated rings. The van der Waals surface area contributed by atoms with Gasteiger partial charge in [-0.3, -0.25) is 14.7 Å². The number of fused-ring (bicyclic) bond motifs is 4. The number of carbonyl (C=O) groups is 1. The van der Waals surface area contributed by atoms with Crippen molar-refractivity contribution in [2.75, 3.05) is 11.5 Å². The van der Waals surface area contributed by atoms with Gasteiger partial charge in [-0.15, -0.1) is 0 Å². The van der Waals surface area contributed by atoms with Gasteiger partial charge in [0, 0.05) is 29.2 Å². The van der Waals surface area contributed by atoms with Gasteiger partial charge in [0.15, 0.2) is 0 Å². The van der Waals surface area contributed by atoms with Crippen molar-refractivity contribution in [2.24, 2.45) is 0 Å². The number of carbonyl (C=O) groups excluding carboxylic acids is 1. The van der Waals surface area contributed by atoms with Crippen molar-refractivity contribution in [1.29, 1.82) is 0 Å². The molecule has 1 aromatic heterocycles. The fraction of sp³-hybridized carbons (Fsp3) is 0.0909. The van der Waals surface area contributed by atoms with E-state index in [1.807, 2.05) is 83.9 Å². The Morgan fingerprint density at radius 3 is 2.14 bits per heavy atom. The summed E-state index contributed by atoms with van der Waals surface area (Å²) in [5, 5.41) is 0. The summed E-state index contributed by atoms with van der Waals surface area (Å²) in [6, 6.07) is 38.5. The van der Waals surface area contributed by atoms with Crippen LogP contribution in [0.4, 0.5) is 5.69 Å². The number of ether oxygens (including phenoxy) is 1. The molecule has 178 valence electrons. The average molecular weight is 481 g/mol. The van der Waals surface area contributed by atoms with Gasteiger partial charge in [0.05, 0.1) is 6.04 Å². The van der Waals surface area contributed by atoms with Crippen LogP contribution in [0, 0.1) is 0 Å². The molecule has 7 rings (SSSR count). The molecule has 3 heterocycles. The number of hydrogen-bond donors (Lipinski definition) is 0. The molecule has 2 aliphatic heterocycles. The van der Waals surface area contributed by atoms with Gasteiger partial charge in [-0.05, 0) is 46.5 Å². The molecular weight excluding hydrogens is 456 g/mol. The van der Waals surface area contributed by atoms with Crippen molar-refractivity contribution in [3.05, 3.63) is 150 Å². The van der Waals surface area contributed by atoms with Gasteiger partial charge in [-0.1, -0.05) is 91.0 Å². The highest BCUT2D eigenvalue weighted by molar-refractivity contribution is 6.12. The second kappa shape index (κ2) is 8.45. The number of anilines is 1. The van der Waals surface area contributed by atoms with Crippen LogP contribution in [0.2, 0.25) is 0 Å². The summed E-state index contributed by atoms with van der Waals surface area (Å²) >= 11 is 0. The second-order valence-corrected chi connectivity index (χ2v) is 9.56. The lowest BCUT2D eigenvalue weighted by atomic mass is 9.76. The van der Waals surface area contributed by atoms with Crippen molar-refractivity contribution in [1.82, 2.24) is 4.98 Å². The molecule has 1 unspecified atom stereocenters. The minimum Gasteiger partial charge on any atom is -0.491 e. The Kier molecular flexibility index (Phi) is 4.93. The smallest absolute Gasteiger partial charge is 0.246 e. The standard InChI is InChI=1S/C33H24N2O2/c36-32-33(22-37-30-18-17-25(20-28(30)33)26-14-9-19-34-21-26)27-15-7-8-16-29(27)35(32)31(23-10-3-1-4-11-23)24-12-5-2-6-13-24/h1-21,31H,22H2. The Bertz CT molecular complexity index is 1560. The van der Waals surface area contributed by atoms with Crippen molar-refractivity contribution in [3.8, 4) is 16.9 Å². The minimum absolute atomic E-state index is 0.0356. The van der Waals surface area contributed by atoms with Crippen molar-refractivity contribution < 1.29 is 9.53 Å². The minimum atomic E-state index is -0.911. The van der Waals surface area contributed by atoms with E-state index in [0.717, 1.165) is 44.8 Å². The third-order valence-electron chi connectivity index (χ3n) is 7.57. The highest BCUT2D eigenvalue weighted by Gasteiger charge is 2.58. The van der Waals surface area contributed by atoms with Crippen LogP contribution < -0.4 is 9.64 Å². The van der Waals surface area contributed by atoms with Gasteiger partial charge in [-0.2, -0.15) is 0 Å². The summed E-state index contributed by atoms with van der Waals surface area (Å²) < 4.78 is 6.23. The third-order valence-corrected chi connectivity index (χ3v) is 7.57. The Balaban J connectivity index is 1.44. The first-order valence-corrected chi connectivity index (χ1v) is 12.5. The van der Waals surface area contributed by atoms with Crippen LogP contribution in [0.25, 0.3) is 11.1 Å². The Labute approximate surface area is 215 Å². The molecule has 5 aromatic rings. The maximum Gasteiger partial charge on any atom is 0.246 e. The molecule has 2 aliphatic rings. The molecule has 37 heavy (non-hydrogen) atoms. The summed E-state index contributed by atoms with van der Waals surface area (Å²) in [7, 11) is 0. The van der Waals surface area contributed by atoms with Crippen molar-refractivity contribution in [3.63, 3.8) is 0 Å². The SMILES string of the molecule is O=C1N(C(c2ccccc2)c2ccccc2)c2ccccc2C12COc1ccc(-c3cccnc3)cc12. The van der Waals surface area contributed by atoms with E-state index < -0.39 is 5.41 Å². The number of para-hydroxylation sites is 1. The van der Waals surface area contributed by atoms with Crippen LogP contribution in [-0.2, 0) is 10.2 Å². The van der Waals surface area contributed by atoms with E-state index in [-0.39, 0.29) is 18.6 Å². The van der Waals surface area contributed by atoms with E-state index in [2.05, 4.69) is 47.4 Å². The maximum absolute atomic E-state index is 14.8. The van der Waals surface area contributed by atoms with E-state index >= 15 is 0 Å². The van der Waals surface area contributed by atoms with Gasteiger partial charge in [0.25, 0.3) is 0 Å². The van der Waals surface area contributed by atoms with Crippen LogP contribution in [0.3, 0.4) is 0 Å². The number of hydrogen-bond acceptors (Lipinski definition) is 3. The van der Waals surface area contributed by atoms with Crippen molar-refractivity contribution in [2.45, 2.75) is 11.5 Å². The molecule has 4 heteroatoms. The van der Waals surface area contributed by atoms with Gasteiger partial charge in [0.1, 0.15) is 17.8 Å². The molecule has 0 saturated carbocycles. The first-order valence-electron chi connectivity index (χ1n) is 12.5. The molecule has 4 nitrogen and oxygen atoms in total. The first kappa shape index (κ1) is 21.6. The summed E-state index contributed by atoms with van der Waals surface area (Å²) in [6.07, 6.45) is 3.62. The molecular formula is C33H24N2O2. The summed E-state index contributed by atoms with van der Waals surface area (Å²) in [6.45, 7) is 0.279. The van der Waals surface area contributed by atoms with Crippen LogP contribution >= 0.6 is 0 Å². The lowest BCUT2D eigenvalue weighted by molar-refractivity contribution is -0.122. The Morgan fingerprint density at radius 2 is 1.43 bits per heavy atom.